The van der Waals surface area contributed by atoms with Gasteiger partial charge in [0, 0.05) is 19.8 Å². The summed E-state index contributed by atoms with van der Waals surface area (Å²) in [6, 6.07) is 17.8. The summed E-state index contributed by atoms with van der Waals surface area (Å²) < 4.78 is 0. The van der Waals surface area contributed by atoms with Gasteiger partial charge in [-0.3, -0.25) is 4.79 Å². The first-order chi connectivity index (χ1) is 10.1. The zero-order valence-electron chi connectivity index (χ0n) is 12.5. The zero-order chi connectivity index (χ0) is 15.2. The third kappa shape index (κ3) is 4.09. The highest BCUT2D eigenvalue weighted by Gasteiger charge is 2.20. The van der Waals surface area contributed by atoms with Gasteiger partial charge in [0.25, 0.3) is 0 Å². The summed E-state index contributed by atoms with van der Waals surface area (Å²) in [5, 5.41) is 9.52. The van der Waals surface area contributed by atoms with Crippen LogP contribution in [-0.2, 0) is 11.2 Å². The number of carboxylic acid groups (broad SMARTS) is 1. The summed E-state index contributed by atoms with van der Waals surface area (Å²) >= 11 is 0. The first kappa shape index (κ1) is 15.1. The van der Waals surface area contributed by atoms with E-state index in [-0.39, 0.29) is 0 Å². The summed E-state index contributed by atoms with van der Waals surface area (Å²) in [5.74, 6) is -1.23. The molecule has 0 heterocycles. The van der Waals surface area contributed by atoms with E-state index in [4.69, 9.17) is 0 Å². The van der Waals surface area contributed by atoms with E-state index in [1.165, 1.54) is 5.56 Å². The topological polar surface area (TPSA) is 40.5 Å². The van der Waals surface area contributed by atoms with Crippen LogP contribution < -0.4 is 4.90 Å². The molecule has 0 bridgehead atoms. The number of carboxylic acids is 1. The van der Waals surface area contributed by atoms with E-state index in [9.17, 15) is 9.90 Å². The molecule has 0 fully saturated rings. The lowest BCUT2D eigenvalue weighted by atomic mass is 9.92. The van der Waals surface area contributed by atoms with Crippen molar-refractivity contribution in [1.29, 1.82) is 0 Å². The Hall–Kier alpha value is -2.29. The largest absolute Gasteiger partial charge is 0.481 e. The van der Waals surface area contributed by atoms with Crippen LogP contribution in [0.1, 0.15) is 23.5 Å². The number of hydrogen-bond acceptors (Lipinski definition) is 2. The molecule has 21 heavy (non-hydrogen) atoms. The zero-order valence-corrected chi connectivity index (χ0v) is 12.5. The number of carbonyl (C=O) groups is 1. The quantitative estimate of drug-likeness (QED) is 0.881. The van der Waals surface area contributed by atoms with E-state index in [1.54, 1.807) is 0 Å². The van der Waals surface area contributed by atoms with Crippen LogP contribution in [0, 0.1) is 0 Å². The van der Waals surface area contributed by atoms with Crippen molar-refractivity contribution in [2.45, 2.75) is 18.8 Å². The van der Waals surface area contributed by atoms with Crippen molar-refractivity contribution in [2.75, 3.05) is 19.0 Å². The maximum Gasteiger partial charge on any atom is 0.310 e. The van der Waals surface area contributed by atoms with Gasteiger partial charge >= 0.3 is 5.97 Å². The second-order valence-corrected chi connectivity index (χ2v) is 5.40. The predicted octanol–water partition coefficient (Wildman–Crippen LogP) is 3.55. The predicted molar refractivity (Wildman–Crippen MR) is 85.9 cm³/mol. The first-order valence-corrected chi connectivity index (χ1v) is 7.12. The number of aliphatic carboxylic acids is 1. The molecule has 0 aliphatic carbocycles. The fourth-order valence-electron chi connectivity index (χ4n) is 2.41. The Bertz CT molecular complexity index is 593. The minimum Gasteiger partial charge on any atom is -0.481 e. The highest BCUT2D eigenvalue weighted by Crippen LogP contribution is 2.25. The molecule has 0 spiro atoms. The van der Waals surface area contributed by atoms with Gasteiger partial charge < -0.3 is 10.0 Å². The van der Waals surface area contributed by atoms with Crippen molar-refractivity contribution in [1.82, 2.24) is 0 Å². The monoisotopic (exact) mass is 283 g/mol. The standard InChI is InChI=1S/C18H21NO2/c1-19(2)16-10-6-9-15(13-16)17(18(20)21)12-11-14-7-4-3-5-8-14/h3-10,13,17H,11-12H2,1-2H3,(H,20,21). The highest BCUT2D eigenvalue weighted by atomic mass is 16.4. The van der Waals surface area contributed by atoms with Crippen LogP contribution in [0.5, 0.6) is 0 Å². The lowest BCUT2D eigenvalue weighted by Crippen LogP contribution is -2.14. The summed E-state index contributed by atoms with van der Waals surface area (Å²) in [7, 11) is 3.91. The third-order valence-electron chi connectivity index (χ3n) is 3.65. The van der Waals surface area contributed by atoms with Gasteiger partial charge in [-0.15, -0.1) is 0 Å². The Morgan fingerprint density at radius 3 is 2.43 bits per heavy atom. The van der Waals surface area contributed by atoms with Gasteiger partial charge in [0.1, 0.15) is 0 Å². The molecule has 1 N–H and O–H groups in total. The lowest BCUT2D eigenvalue weighted by Gasteiger charge is -2.17. The normalized spacial score (nSPS) is 11.9. The fraction of sp³-hybridized carbons (Fsp3) is 0.278. The van der Waals surface area contributed by atoms with Crippen molar-refractivity contribution in [3.63, 3.8) is 0 Å². The Kier molecular flexibility index (Phi) is 4.99. The van der Waals surface area contributed by atoms with Crippen LogP contribution in [0.15, 0.2) is 54.6 Å². The molecule has 110 valence electrons. The molecule has 0 saturated heterocycles. The molecule has 0 radical (unpaired) electrons. The molecule has 0 amide bonds. The Balaban J connectivity index is 2.15. The summed E-state index contributed by atoms with van der Waals surface area (Å²) in [4.78, 5) is 13.6. The number of nitrogens with zero attached hydrogens (tertiary/aromatic N) is 1. The van der Waals surface area contributed by atoms with E-state index >= 15 is 0 Å². The summed E-state index contributed by atoms with van der Waals surface area (Å²) in [6.45, 7) is 0. The second kappa shape index (κ2) is 6.93. The van der Waals surface area contributed by atoms with Gasteiger partial charge in [0.2, 0.25) is 0 Å². The number of rotatable bonds is 6. The minimum atomic E-state index is -0.762. The smallest absolute Gasteiger partial charge is 0.310 e. The van der Waals surface area contributed by atoms with Crippen LogP contribution in [0.2, 0.25) is 0 Å². The lowest BCUT2D eigenvalue weighted by molar-refractivity contribution is -0.138. The molecule has 3 nitrogen and oxygen atoms in total. The first-order valence-electron chi connectivity index (χ1n) is 7.12. The Labute approximate surface area is 125 Å². The molecule has 0 aliphatic rings. The van der Waals surface area contributed by atoms with E-state index in [0.717, 1.165) is 17.7 Å². The van der Waals surface area contributed by atoms with Crippen molar-refractivity contribution < 1.29 is 9.90 Å². The van der Waals surface area contributed by atoms with Crippen molar-refractivity contribution >= 4 is 11.7 Å². The van der Waals surface area contributed by atoms with Crippen LogP contribution in [0.3, 0.4) is 0 Å². The number of benzene rings is 2. The van der Waals surface area contributed by atoms with Crippen LogP contribution in [0.4, 0.5) is 5.69 Å². The average molecular weight is 283 g/mol. The van der Waals surface area contributed by atoms with Gasteiger partial charge in [0.15, 0.2) is 0 Å². The molecule has 1 atom stereocenters. The molecular weight excluding hydrogens is 262 g/mol. The van der Waals surface area contributed by atoms with Crippen LogP contribution >= 0.6 is 0 Å². The van der Waals surface area contributed by atoms with Gasteiger partial charge in [-0.2, -0.15) is 0 Å². The van der Waals surface area contributed by atoms with Gasteiger partial charge in [0.05, 0.1) is 5.92 Å². The fourth-order valence-corrected chi connectivity index (χ4v) is 2.41. The third-order valence-corrected chi connectivity index (χ3v) is 3.65. The molecule has 3 heteroatoms. The van der Waals surface area contributed by atoms with E-state index < -0.39 is 11.9 Å². The number of hydrogen-bond donors (Lipinski definition) is 1. The number of aryl methyl sites for hydroxylation is 1. The average Bonchev–Trinajstić information content (AvgIpc) is 2.48. The molecule has 2 aromatic rings. The van der Waals surface area contributed by atoms with Gasteiger partial charge in [-0.1, -0.05) is 42.5 Å². The Morgan fingerprint density at radius 1 is 1.10 bits per heavy atom. The van der Waals surface area contributed by atoms with E-state index in [2.05, 4.69) is 0 Å². The van der Waals surface area contributed by atoms with Gasteiger partial charge in [-0.05, 0) is 36.1 Å². The molecule has 0 aliphatic heterocycles. The minimum absolute atomic E-state index is 0.467. The van der Waals surface area contributed by atoms with Crippen molar-refractivity contribution in [3.8, 4) is 0 Å². The van der Waals surface area contributed by atoms with E-state index in [1.807, 2.05) is 73.6 Å². The van der Waals surface area contributed by atoms with Crippen LogP contribution in [0.25, 0.3) is 0 Å². The molecule has 1 unspecified atom stereocenters. The molecule has 2 aromatic carbocycles. The van der Waals surface area contributed by atoms with E-state index in [0.29, 0.717) is 6.42 Å². The summed E-state index contributed by atoms with van der Waals surface area (Å²) in [5.41, 5.74) is 3.07. The SMILES string of the molecule is CN(C)c1cccc(C(CCc2ccccc2)C(=O)O)c1. The summed E-state index contributed by atoms with van der Waals surface area (Å²) in [6.07, 6.45) is 1.38. The van der Waals surface area contributed by atoms with Crippen LogP contribution in [-0.4, -0.2) is 25.2 Å². The molecular formula is C18H21NO2. The van der Waals surface area contributed by atoms with Gasteiger partial charge in [-0.25, -0.2) is 0 Å². The number of anilines is 1. The van der Waals surface area contributed by atoms with Crippen molar-refractivity contribution in [2.24, 2.45) is 0 Å². The maximum atomic E-state index is 11.6. The van der Waals surface area contributed by atoms with Crippen molar-refractivity contribution in [3.05, 3.63) is 65.7 Å². The Morgan fingerprint density at radius 2 is 1.81 bits per heavy atom. The molecule has 0 saturated carbocycles. The molecule has 2 rings (SSSR count). The highest BCUT2D eigenvalue weighted by molar-refractivity contribution is 5.76. The second-order valence-electron chi connectivity index (χ2n) is 5.40. The maximum absolute atomic E-state index is 11.6. The molecule has 0 aromatic heterocycles.